The summed E-state index contributed by atoms with van der Waals surface area (Å²) in [4.78, 5) is 0. The molecule has 0 aromatic heterocycles. The van der Waals surface area contributed by atoms with E-state index >= 15 is 0 Å². The Morgan fingerprint density at radius 1 is 0.815 bits per heavy atom. The molecule has 0 spiro atoms. The first-order chi connectivity index (χ1) is 13.3. The van der Waals surface area contributed by atoms with Crippen molar-refractivity contribution in [3.63, 3.8) is 0 Å². The molecule has 0 bridgehead atoms. The van der Waals surface area contributed by atoms with Crippen molar-refractivity contribution < 1.29 is 4.39 Å². The van der Waals surface area contributed by atoms with E-state index in [0.29, 0.717) is 5.56 Å². The maximum absolute atomic E-state index is 12.8. The van der Waals surface area contributed by atoms with Gasteiger partial charge in [0.1, 0.15) is 5.82 Å². The molecule has 0 saturated heterocycles. The fourth-order valence-electron chi connectivity index (χ4n) is 2.96. The zero-order chi connectivity index (χ0) is 19.2. The Bertz CT molecular complexity index is 712. The fraction of sp³-hybridized carbons (Fsp3) is 0.375. The Kier molecular flexibility index (Phi) is 9.74. The van der Waals surface area contributed by atoms with Gasteiger partial charge in [-0.15, -0.1) is 0 Å². The minimum atomic E-state index is -0.183. The van der Waals surface area contributed by atoms with Crippen molar-refractivity contribution in [2.75, 3.05) is 11.9 Å². The molecule has 0 aliphatic heterocycles. The van der Waals surface area contributed by atoms with Gasteiger partial charge in [-0.05, 0) is 61.2 Å². The van der Waals surface area contributed by atoms with E-state index in [-0.39, 0.29) is 5.82 Å². The molecule has 0 fully saturated rings. The summed E-state index contributed by atoms with van der Waals surface area (Å²) in [6, 6.07) is 16.4. The Balaban J connectivity index is 1.40. The van der Waals surface area contributed by atoms with Crippen LogP contribution in [0, 0.1) is 17.1 Å². The highest BCUT2D eigenvalue weighted by atomic mass is 19.1. The Hall–Kier alpha value is -2.60. The lowest BCUT2D eigenvalue weighted by atomic mass is 10.1. The van der Waals surface area contributed by atoms with Crippen LogP contribution in [-0.2, 0) is 0 Å². The van der Waals surface area contributed by atoms with Gasteiger partial charge in [0, 0.05) is 12.2 Å². The molecule has 2 aromatic rings. The van der Waals surface area contributed by atoms with Crippen molar-refractivity contribution >= 4 is 11.8 Å². The third-order valence-corrected chi connectivity index (χ3v) is 4.57. The highest BCUT2D eigenvalue weighted by Gasteiger charge is 1.95. The van der Waals surface area contributed by atoms with Crippen molar-refractivity contribution in [3.8, 4) is 6.07 Å². The number of anilines is 1. The summed E-state index contributed by atoms with van der Waals surface area (Å²) >= 11 is 0. The molecule has 2 rings (SSSR count). The number of nitrogens with one attached hydrogen (secondary N) is 1. The molecule has 0 aliphatic carbocycles. The van der Waals surface area contributed by atoms with E-state index in [1.165, 1.54) is 57.1 Å². The smallest absolute Gasteiger partial charge is 0.123 e. The van der Waals surface area contributed by atoms with E-state index < -0.39 is 0 Å². The van der Waals surface area contributed by atoms with Crippen LogP contribution in [0.5, 0.6) is 0 Å². The number of halogens is 1. The molecule has 27 heavy (non-hydrogen) atoms. The summed E-state index contributed by atoms with van der Waals surface area (Å²) in [6.45, 7) is 0.986. The second kappa shape index (κ2) is 12.7. The number of nitriles is 1. The Labute approximate surface area is 162 Å². The van der Waals surface area contributed by atoms with E-state index in [9.17, 15) is 4.39 Å². The first-order valence-corrected chi connectivity index (χ1v) is 9.94. The van der Waals surface area contributed by atoms with Crippen LogP contribution < -0.4 is 5.32 Å². The Morgan fingerprint density at radius 3 is 2.11 bits per heavy atom. The highest BCUT2D eigenvalue weighted by Crippen LogP contribution is 2.12. The largest absolute Gasteiger partial charge is 0.385 e. The van der Waals surface area contributed by atoms with Crippen LogP contribution in [0.4, 0.5) is 10.1 Å². The lowest BCUT2D eigenvalue weighted by Gasteiger charge is -2.06. The summed E-state index contributed by atoms with van der Waals surface area (Å²) in [5, 5.41) is 12.2. The number of benzene rings is 2. The quantitative estimate of drug-likeness (QED) is 0.414. The molecule has 2 aromatic carbocycles. The number of unbranched alkanes of at least 4 members (excludes halogenated alkanes) is 7. The van der Waals surface area contributed by atoms with Gasteiger partial charge in [-0.3, -0.25) is 0 Å². The molecular formula is C24H29FN2. The van der Waals surface area contributed by atoms with Gasteiger partial charge >= 0.3 is 0 Å². The summed E-state index contributed by atoms with van der Waals surface area (Å²) in [5.41, 5.74) is 2.85. The molecule has 0 atom stereocenters. The van der Waals surface area contributed by atoms with Crippen molar-refractivity contribution in [1.29, 1.82) is 5.26 Å². The van der Waals surface area contributed by atoms with Crippen molar-refractivity contribution in [3.05, 3.63) is 71.6 Å². The predicted molar refractivity (Wildman–Crippen MR) is 112 cm³/mol. The molecule has 3 heteroatoms. The molecule has 0 heterocycles. The van der Waals surface area contributed by atoms with E-state index in [4.69, 9.17) is 5.26 Å². The molecule has 142 valence electrons. The highest BCUT2D eigenvalue weighted by molar-refractivity contribution is 5.48. The van der Waals surface area contributed by atoms with Gasteiger partial charge in [0.2, 0.25) is 0 Å². The van der Waals surface area contributed by atoms with Crippen molar-refractivity contribution in [2.45, 2.75) is 51.4 Å². The average molecular weight is 365 g/mol. The number of hydrogen-bond acceptors (Lipinski definition) is 2. The van der Waals surface area contributed by atoms with Gasteiger partial charge < -0.3 is 5.32 Å². The summed E-state index contributed by atoms with van der Waals surface area (Å²) in [5.74, 6) is -0.183. The monoisotopic (exact) mass is 364 g/mol. The first kappa shape index (κ1) is 20.7. The Morgan fingerprint density at radius 2 is 1.44 bits per heavy atom. The van der Waals surface area contributed by atoms with Crippen molar-refractivity contribution in [1.82, 2.24) is 0 Å². The second-order valence-electron chi connectivity index (χ2n) is 6.83. The molecule has 0 amide bonds. The maximum atomic E-state index is 12.8. The second-order valence-corrected chi connectivity index (χ2v) is 6.83. The van der Waals surface area contributed by atoms with Crippen LogP contribution in [0.15, 0.2) is 54.6 Å². The van der Waals surface area contributed by atoms with Crippen LogP contribution in [0.2, 0.25) is 0 Å². The topological polar surface area (TPSA) is 35.8 Å². The fourth-order valence-corrected chi connectivity index (χ4v) is 2.96. The molecular weight excluding hydrogens is 335 g/mol. The van der Waals surface area contributed by atoms with E-state index in [0.717, 1.165) is 24.2 Å². The van der Waals surface area contributed by atoms with Gasteiger partial charge in [0.15, 0.2) is 0 Å². The van der Waals surface area contributed by atoms with Gasteiger partial charge in [-0.25, -0.2) is 4.39 Å². The number of nitrogens with zero attached hydrogens (tertiary/aromatic N) is 1. The van der Waals surface area contributed by atoms with Crippen molar-refractivity contribution in [2.24, 2.45) is 0 Å². The minimum Gasteiger partial charge on any atom is -0.385 e. The summed E-state index contributed by atoms with van der Waals surface area (Å²) < 4.78 is 12.8. The van der Waals surface area contributed by atoms with Gasteiger partial charge in [0.25, 0.3) is 0 Å². The zero-order valence-corrected chi connectivity index (χ0v) is 16.0. The van der Waals surface area contributed by atoms with Crippen LogP contribution in [0.1, 0.15) is 62.5 Å². The molecule has 0 unspecified atom stereocenters. The van der Waals surface area contributed by atoms with Crippen LogP contribution in [0.25, 0.3) is 6.08 Å². The minimum absolute atomic E-state index is 0.183. The molecule has 0 radical (unpaired) electrons. The number of hydrogen-bond donors (Lipinski definition) is 1. The molecule has 0 aliphatic rings. The zero-order valence-electron chi connectivity index (χ0n) is 16.0. The SMILES string of the molecule is N#Cc1ccc(NCCCCCCCCCC=Cc2ccc(F)cc2)cc1. The van der Waals surface area contributed by atoms with E-state index in [1.54, 1.807) is 0 Å². The summed E-state index contributed by atoms with van der Waals surface area (Å²) in [7, 11) is 0. The van der Waals surface area contributed by atoms with E-state index in [1.807, 2.05) is 36.4 Å². The maximum Gasteiger partial charge on any atom is 0.123 e. The third kappa shape index (κ3) is 9.06. The summed E-state index contributed by atoms with van der Waals surface area (Å²) in [6.07, 6.45) is 14.2. The van der Waals surface area contributed by atoms with Crippen LogP contribution in [-0.4, -0.2) is 6.54 Å². The first-order valence-electron chi connectivity index (χ1n) is 9.94. The lowest BCUT2D eigenvalue weighted by Crippen LogP contribution is -2.01. The van der Waals surface area contributed by atoms with Gasteiger partial charge in [-0.2, -0.15) is 5.26 Å². The number of allylic oxidation sites excluding steroid dienone is 1. The molecule has 1 N–H and O–H groups in total. The van der Waals surface area contributed by atoms with Gasteiger partial charge in [0.05, 0.1) is 11.6 Å². The number of rotatable bonds is 12. The third-order valence-electron chi connectivity index (χ3n) is 4.57. The molecule has 0 saturated carbocycles. The van der Waals surface area contributed by atoms with Gasteiger partial charge in [-0.1, -0.05) is 56.4 Å². The van der Waals surface area contributed by atoms with E-state index in [2.05, 4.69) is 23.5 Å². The van der Waals surface area contributed by atoms with Crippen LogP contribution >= 0.6 is 0 Å². The predicted octanol–water partition coefficient (Wildman–Crippen LogP) is 6.94. The standard InChI is InChI=1S/C24H29FN2/c25-23-15-11-21(12-16-23)10-8-6-4-2-1-3-5-7-9-19-27-24-17-13-22(20-26)14-18-24/h8,10-18,27H,1-7,9,19H2. The normalized spacial score (nSPS) is 10.8. The average Bonchev–Trinajstić information content (AvgIpc) is 2.70. The lowest BCUT2D eigenvalue weighted by molar-refractivity contribution is 0.587. The molecule has 2 nitrogen and oxygen atoms in total. The van der Waals surface area contributed by atoms with Crippen LogP contribution in [0.3, 0.4) is 0 Å².